The highest BCUT2D eigenvalue weighted by Crippen LogP contribution is 2.68. The van der Waals surface area contributed by atoms with Gasteiger partial charge in [0.05, 0.1) is 43.7 Å². The maximum Gasteiger partial charge on any atom is 0.187 e. The van der Waals surface area contributed by atoms with Gasteiger partial charge >= 0.3 is 0 Å². The predicted molar refractivity (Wildman–Crippen MR) is 220 cm³/mol. The molecule has 6 fully saturated rings. The molecule has 18 heteroatoms. The molecular weight excluding hydrogens is 828 g/mol. The van der Waals surface area contributed by atoms with Crippen LogP contribution in [0.4, 0.5) is 0 Å². The molecule has 0 radical (unpaired) electrons. The minimum Gasteiger partial charge on any atom is -0.394 e. The van der Waals surface area contributed by atoms with Crippen molar-refractivity contribution in [1.29, 1.82) is 0 Å². The van der Waals surface area contributed by atoms with Gasteiger partial charge in [-0.15, -0.1) is 0 Å². The molecule has 1 unspecified atom stereocenters. The minimum absolute atomic E-state index is 0.0336. The SMILES string of the molecule is CC(C)CC[C@H](O)[C@@H](C)C1[C@@H](O[C@@H]2O[C@H](CO)[C@H](O)[C@H](O)[C@H]2O)C[C@H]2[C@@H]3CC=C4C[C@@H](O)C[C@@H](O[C@@H]5O[C@@H](C)[C@H](O[C@@H]6O[C@H](CO)[C@@H](O)[C@H](O)[C@H]6O)[C@@H](O)[C@H]5O)[C@]4(C)[C@H]3CC[C@]12C. The van der Waals surface area contributed by atoms with Crippen molar-refractivity contribution in [2.24, 2.45) is 46.3 Å². The van der Waals surface area contributed by atoms with E-state index in [-0.39, 0.29) is 41.4 Å². The second-order valence-corrected chi connectivity index (χ2v) is 20.9. The van der Waals surface area contributed by atoms with E-state index < -0.39 is 135 Å². The number of aliphatic hydroxyl groups is 12. The summed E-state index contributed by atoms with van der Waals surface area (Å²) >= 11 is 0. The molecule has 3 heterocycles. The van der Waals surface area contributed by atoms with Crippen molar-refractivity contribution >= 4 is 0 Å². The van der Waals surface area contributed by atoms with Gasteiger partial charge in [-0.05, 0) is 92.8 Å². The predicted octanol–water partition coefficient (Wildman–Crippen LogP) is -1.20. The molecule has 18 nitrogen and oxygen atoms in total. The number of hydrogen-bond donors (Lipinski definition) is 12. The average molecular weight is 905 g/mol. The molecule has 3 saturated heterocycles. The van der Waals surface area contributed by atoms with Crippen LogP contribution in [0.3, 0.4) is 0 Å². The Hall–Kier alpha value is -0.980. The van der Waals surface area contributed by atoms with Crippen molar-refractivity contribution in [2.45, 2.75) is 209 Å². The first-order valence-corrected chi connectivity index (χ1v) is 23.3. The molecule has 0 amide bonds. The third-order valence-corrected chi connectivity index (χ3v) is 16.8. The van der Waals surface area contributed by atoms with Gasteiger partial charge < -0.3 is 89.7 Å². The van der Waals surface area contributed by atoms with E-state index in [0.29, 0.717) is 31.6 Å². The van der Waals surface area contributed by atoms with Crippen LogP contribution in [0.15, 0.2) is 11.6 Å². The van der Waals surface area contributed by atoms with Crippen molar-refractivity contribution in [3.63, 3.8) is 0 Å². The maximum absolute atomic E-state index is 11.7. The summed E-state index contributed by atoms with van der Waals surface area (Å²) in [4.78, 5) is 0. The number of hydrogen-bond acceptors (Lipinski definition) is 18. The first kappa shape index (κ1) is 49.9. The van der Waals surface area contributed by atoms with Gasteiger partial charge in [0, 0.05) is 11.8 Å². The Kier molecular flexibility index (Phi) is 15.5. The number of allylic oxidation sites excluding steroid dienone is 1. The van der Waals surface area contributed by atoms with Crippen LogP contribution in [0.5, 0.6) is 0 Å². The molecule has 4 aliphatic carbocycles. The molecule has 63 heavy (non-hydrogen) atoms. The number of aliphatic hydroxyl groups excluding tert-OH is 12. The molecule has 7 aliphatic rings. The zero-order valence-corrected chi connectivity index (χ0v) is 37.4. The summed E-state index contributed by atoms with van der Waals surface area (Å²) in [5.74, 6) is 0.152. The molecule has 364 valence electrons. The van der Waals surface area contributed by atoms with Gasteiger partial charge in [-0.2, -0.15) is 0 Å². The zero-order valence-electron chi connectivity index (χ0n) is 37.4. The maximum atomic E-state index is 11.7. The monoisotopic (exact) mass is 905 g/mol. The average Bonchev–Trinajstić information content (AvgIpc) is 3.54. The Balaban J connectivity index is 1.12. The zero-order chi connectivity index (χ0) is 46.0. The molecule has 0 aromatic heterocycles. The Bertz CT molecular complexity index is 1550. The van der Waals surface area contributed by atoms with Crippen LogP contribution >= 0.6 is 0 Å². The summed E-state index contributed by atoms with van der Waals surface area (Å²) in [6.45, 7) is 11.0. The first-order chi connectivity index (χ1) is 29.7. The van der Waals surface area contributed by atoms with Gasteiger partial charge in [-0.3, -0.25) is 0 Å². The van der Waals surface area contributed by atoms with Gasteiger partial charge in [0.2, 0.25) is 0 Å². The van der Waals surface area contributed by atoms with Crippen LogP contribution in [0.1, 0.15) is 92.9 Å². The van der Waals surface area contributed by atoms with Gasteiger partial charge in [-0.25, -0.2) is 0 Å². The molecule has 3 saturated carbocycles. The summed E-state index contributed by atoms with van der Waals surface area (Å²) in [5.41, 5.74) is 0.0567. The molecule has 0 aromatic carbocycles. The summed E-state index contributed by atoms with van der Waals surface area (Å²) in [6.07, 6.45) is -17.4. The van der Waals surface area contributed by atoms with Gasteiger partial charge in [0.25, 0.3) is 0 Å². The molecule has 7 rings (SSSR count). The van der Waals surface area contributed by atoms with E-state index in [0.717, 1.165) is 24.8 Å². The number of fused-ring (bicyclic) bond motifs is 5. The van der Waals surface area contributed by atoms with E-state index in [4.69, 9.17) is 28.4 Å². The van der Waals surface area contributed by atoms with E-state index in [9.17, 15) is 61.3 Å². The molecule has 3 aliphatic heterocycles. The highest BCUT2D eigenvalue weighted by molar-refractivity contribution is 5.28. The van der Waals surface area contributed by atoms with Crippen LogP contribution in [0.2, 0.25) is 0 Å². The van der Waals surface area contributed by atoms with Gasteiger partial charge in [-0.1, -0.05) is 46.3 Å². The van der Waals surface area contributed by atoms with Crippen LogP contribution in [-0.4, -0.2) is 191 Å². The van der Waals surface area contributed by atoms with Crippen LogP contribution in [0, 0.1) is 46.3 Å². The van der Waals surface area contributed by atoms with Gasteiger partial charge in [0.1, 0.15) is 67.1 Å². The minimum atomic E-state index is -1.73. The normalized spacial score (nSPS) is 52.4. The fourth-order valence-electron chi connectivity index (χ4n) is 13.1. The first-order valence-electron chi connectivity index (χ1n) is 23.3. The van der Waals surface area contributed by atoms with Gasteiger partial charge in [0.15, 0.2) is 18.9 Å². The van der Waals surface area contributed by atoms with Crippen molar-refractivity contribution in [1.82, 2.24) is 0 Å². The molecule has 0 spiro atoms. The molecule has 12 N–H and O–H groups in total. The molecule has 0 aromatic rings. The summed E-state index contributed by atoms with van der Waals surface area (Å²) in [7, 11) is 0. The quantitative estimate of drug-likeness (QED) is 0.0967. The second-order valence-electron chi connectivity index (χ2n) is 20.9. The highest BCUT2D eigenvalue weighted by atomic mass is 16.7. The van der Waals surface area contributed by atoms with Crippen molar-refractivity contribution < 1.29 is 89.7 Å². The van der Waals surface area contributed by atoms with Crippen molar-refractivity contribution in [3.05, 3.63) is 11.6 Å². The number of rotatable bonds is 13. The summed E-state index contributed by atoms with van der Waals surface area (Å²) in [5, 5.41) is 129. The second kappa shape index (κ2) is 19.6. The van der Waals surface area contributed by atoms with E-state index in [1.165, 1.54) is 0 Å². The van der Waals surface area contributed by atoms with E-state index >= 15 is 0 Å². The molecule has 26 atom stereocenters. The molecular formula is C45H76O18. The Labute approximate surface area is 369 Å². The fraction of sp³-hybridized carbons (Fsp3) is 0.956. The fourth-order valence-corrected chi connectivity index (χ4v) is 13.1. The third kappa shape index (κ3) is 9.08. The van der Waals surface area contributed by atoms with E-state index in [1.807, 2.05) is 0 Å². The lowest BCUT2D eigenvalue weighted by molar-refractivity contribution is -0.363. The lowest BCUT2D eigenvalue weighted by Gasteiger charge is -2.60. The smallest absolute Gasteiger partial charge is 0.187 e. The van der Waals surface area contributed by atoms with E-state index in [1.54, 1.807) is 6.92 Å². The topological polar surface area (TPSA) is 298 Å². The Morgan fingerprint density at radius 2 is 1.27 bits per heavy atom. The lowest BCUT2D eigenvalue weighted by Crippen LogP contribution is -2.64. The molecule has 0 bridgehead atoms. The standard InChI is InChI=1S/C45H76O18/c1-18(2)7-10-26(49)19(3)31-27(59-42-37(55)34(52)32(50)28(16-46)60-42)15-25-23-9-8-21-13-22(48)14-30(45(21,6)24(23)11-12-44(25,31)5)62-41-39(57)36(54)40(20(4)58-41)63-43-38(56)35(53)33(51)29(17-47)61-43/h8,18-20,22-43,46-57H,7,9-17H2,1-6H3/t19-,20+,22-,23-,24+,25+,26+,27+,28-,29-,30-,31?,32+,33-,34+,35+,36+,37-,38-,39-,40+,41+,42-,43+,44+,45+/m1/s1. The van der Waals surface area contributed by atoms with E-state index in [2.05, 4.69) is 40.7 Å². The largest absolute Gasteiger partial charge is 0.394 e. The summed E-state index contributed by atoms with van der Waals surface area (Å²) in [6, 6.07) is 0. The van der Waals surface area contributed by atoms with Crippen molar-refractivity contribution in [2.75, 3.05) is 13.2 Å². The van der Waals surface area contributed by atoms with Crippen LogP contribution in [0.25, 0.3) is 0 Å². The Morgan fingerprint density at radius 3 is 1.86 bits per heavy atom. The van der Waals surface area contributed by atoms with Crippen LogP contribution in [-0.2, 0) is 28.4 Å². The Morgan fingerprint density at radius 1 is 0.698 bits per heavy atom. The summed E-state index contributed by atoms with van der Waals surface area (Å²) < 4.78 is 36.8. The third-order valence-electron chi connectivity index (χ3n) is 16.8. The number of ether oxygens (including phenoxy) is 6. The van der Waals surface area contributed by atoms with Crippen molar-refractivity contribution in [3.8, 4) is 0 Å². The van der Waals surface area contributed by atoms with Crippen LogP contribution < -0.4 is 0 Å². The highest BCUT2D eigenvalue weighted by Gasteiger charge is 2.65. The lowest BCUT2D eigenvalue weighted by atomic mass is 9.46.